The fourth-order valence-corrected chi connectivity index (χ4v) is 1.64. The molecule has 4 heteroatoms. The highest BCUT2D eigenvalue weighted by Crippen LogP contribution is 2.47. The van der Waals surface area contributed by atoms with E-state index in [1.54, 1.807) is 12.1 Å². The molecule has 1 N–H and O–H groups in total. The van der Waals surface area contributed by atoms with E-state index in [1.165, 1.54) is 6.20 Å². The van der Waals surface area contributed by atoms with Crippen LogP contribution in [0.1, 0.15) is 30.0 Å². The Morgan fingerprint density at radius 3 is 2.57 bits per heavy atom. The number of nitrogens with zero attached hydrogens (tertiary/aromatic N) is 1. The second-order valence-corrected chi connectivity index (χ2v) is 3.71. The molecule has 0 amide bonds. The first-order valence-electron chi connectivity index (χ1n) is 4.54. The summed E-state index contributed by atoms with van der Waals surface area (Å²) in [5.74, 6) is -2.61. The Morgan fingerprint density at radius 1 is 1.43 bits per heavy atom. The Bertz CT molecular complexity index is 315. The smallest absolute Gasteiger partial charge is 0.249 e. The van der Waals surface area contributed by atoms with Crippen LogP contribution in [0.4, 0.5) is 8.78 Å². The Labute approximate surface area is 80.6 Å². The number of pyridine rings is 1. The summed E-state index contributed by atoms with van der Waals surface area (Å²) in [6.07, 6.45) is 1.34. The summed E-state index contributed by atoms with van der Waals surface area (Å²) in [5, 5.41) is 8.76. The van der Waals surface area contributed by atoms with Gasteiger partial charge in [-0.3, -0.25) is 4.98 Å². The van der Waals surface area contributed by atoms with Crippen molar-refractivity contribution in [2.24, 2.45) is 0 Å². The first kappa shape index (κ1) is 9.52. The zero-order valence-electron chi connectivity index (χ0n) is 7.58. The van der Waals surface area contributed by atoms with E-state index in [9.17, 15) is 8.78 Å². The number of halogens is 2. The molecule has 0 bridgehead atoms. The van der Waals surface area contributed by atoms with Gasteiger partial charge in [-0.05, 0) is 11.6 Å². The van der Waals surface area contributed by atoms with Crippen LogP contribution in [0.25, 0.3) is 0 Å². The van der Waals surface area contributed by atoms with Gasteiger partial charge in [0.05, 0.1) is 6.61 Å². The second kappa shape index (κ2) is 3.28. The lowest BCUT2D eigenvalue weighted by atomic mass is 9.79. The minimum Gasteiger partial charge on any atom is -0.392 e. The van der Waals surface area contributed by atoms with Crippen molar-refractivity contribution < 1.29 is 13.9 Å². The maximum absolute atomic E-state index is 12.6. The Morgan fingerprint density at radius 2 is 2.14 bits per heavy atom. The molecule has 0 aliphatic heterocycles. The van der Waals surface area contributed by atoms with Gasteiger partial charge in [-0.1, -0.05) is 6.07 Å². The van der Waals surface area contributed by atoms with Crippen LogP contribution >= 0.6 is 0 Å². The molecule has 0 atom stereocenters. The van der Waals surface area contributed by atoms with E-state index >= 15 is 0 Å². The van der Waals surface area contributed by atoms with Crippen LogP contribution in [0.15, 0.2) is 18.3 Å². The Kier molecular flexibility index (Phi) is 2.23. The molecular formula is C10H11F2NO. The van der Waals surface area contributed by atoms with Gasteiger partial charge in [-0.2, -0.15) is 0 Å². The van der Waals surface area contributed by atoms with Gasteiger partial charge in [-0.15, -0.1) is 0 Å². The lowest BCUT2D eigenvalue weighted by Crippen LogP contribution is -2.34. The number of hydrogen-bond acceptors (Lipinski definition) is 2. The molecule has 1 aliphatic carbocycles. The fourth-order valence-electron chi connectivity index (χ4n) is 1.64. The van der Waals surface area contributed by atoms with Gasteiger partial charge >= 0.3 is 0 Å². The summed E-state index contributed by atoms with van der Waals surface area (Å²) in [7, 11) is 0. The van der Waals surface area contributed by atoms with Crippen LogP contribution in [-0.4, -0.2) is 16.0 Å². The third-order valence-electron chi connectivity index (χ3n) is 2.54. The molecule has 1 heterocycles. The fraction of sp³-hybridized carbons (Fsp3) is 0.500. The van der Waals surface area contributed by atoms with Gasteiger partial charge in [-0.25, -0.2) is 8.78 Å². The van der Waals surface area contributed by atoms with E-state index in [0.29, 0.717) is 11.3 Å². The van der Waals surface area contributed by atoms with Crippen molar-refractivity contribution >= 4 is 0 Å². The molecule has 76 valence electrons. The molecule has 14 heavy (non-hydrogen) atoms. The van der Waals surface area contributed by atoms with Crippen molar-refractivity contribution in [3.8, 4) is 0 Å². The minimum atomic E-state index is -2.50. The van der Waals surface area contributed by atoms with E-state index in [1.807, 2.05) is 0 Å². The molecule has 1 aromatic rings. The maximum Gasteiger partial charge on any atom is 0.249 e. The Balaban J connectivity index is 2.05. The lowest BCUT2D eigenvalue weighted by molar-refractivity contribution is -0.0876. The predicted octanol–water partition coefficient (Wildman–Crippen LogP) is 2.09. The van der Waals surface area contributed by atoms with E-state index in [0.717, 1.165) is 0 Å². The second-order valence-electron chi connectivity index (χ2n) is 3.71. The van der Waals surface area contributed by atoms with Crippen molar-refractivity contribution in [3.05, 3.63) is 29.6 Å². The van der Waals surface area contributed by atoms with Crippen molar-refractivity contribution in [3.63, 3.8) is 0 Å². The summed E-state index contributed by atoms with van der Waals surface area (Å²) in [5.41, 5.74) is 1.41. The molecule has 1 saturated carbocycles. The number of hydrogen-bond donors (Lipinski definition) is 1. The van der Waals surface area contributed by atoms with Gasteiger partial charge in [0.2, 0.25) is 5.92 Å². The normalized spacial score (nSPS) is 20.5. The first-order chi connectivity index (χ1) is 6.61. The topological polar surface area (TPSA) is 33.1 Å². The molecule has 0 radical (unpaired) electrons. The summed E-state index contributed by atoms with van der Waals surface area (Å²) in [6, 6.07) is 3.43. The molecule has 0 aromatic carbocycles. The highest BCUT2D eigenvalue weighted by atomic mass is 19.3. The number of rotatable bonds is 2. The molecule has 0 spiro atoms. The highest BCUT2D eigenvalue weighted by Gasteiger charge is 2.46. The average Bonchev–Trinajstić information content (AvgIpc) is 2.14. The summed E-state index contributed by atoms with van der Waals surface area (Å²) in [6.45, 7) is -0.0614. The quantitative estimate of drug-likeness (QED) is 0.791. The summed E-state index contributed by atoms with van der Waals surface area (Å²) < 4.78 is 25.1. The van der Waals surface area contributed by atoms with Gasteiger partial charge in [0, 0.05) is 30.7 Å². The number of aliphatic hydroxyl groups excluding tert-OH is 1. The average molecular weight is 199 g/mol. The lowest BCUT2D eigenvalue weighted by Gasteiger charge is -2.34. The van der Waals surface area contributed by atoms with Gasteiger partial charge in [0.1, 0.15) is 0 Å². The van der Waals surface area contributed by atoms with Crippen LogP contribution in [0, 0.1) is 0 Å². The van der Waals surface area contributed by atoms with Crippen LogP contribution in [0.5, 0.6) is 0 Å². The zero-order chi connectivity index (χ0) is 10.2. The van der Waals surface area contributed by atoms with E-state index < -0.39 is 5.92 Å². The molecule has 2 nitrogen and oxygen atoms in total. The van der Waals surface area contributed by atoms with E-state index in [2.05, 4.69) is 4.98 Å². The number of alkyl halides is 2. The third-order valence-corrected chi connectivity index (χ3v) is 2.54. The van der Waals surface area contributed by atoms with Gasteiger partial charge in [0.25, 0.3) is 0 Å². The molecule has 1 aromatic heterocycles. The van der Waals surface area contributed by atoms with Crippen molar-refractivity contribution in [2.45, 2.75) is 31.3 Å². The van der Waals surface area contributed by atoms with Gasteiger partial charge < -0.3 is 5.11 Å². The number of aliphatic hydroxyl groups is 1. The van der Waals surface area contributed by atoms with Gasteiger partial charge in [0.15, 0.2) is 0 Å². The van der Waals surface area contributed by atoms with E-state index in [-0.39, 0.29) is 25.4 Å². The van der Waals surface area contributed by atoms with Crippen LogP contribution < -0.4 is 0 Å². The molecule has 1 aliphatic rings. The molecule has 0 saturated heterocycles. The summed E-state index contributed by atoms with van der Waals surface area (Å²) >= 11 is 0. The standard InChI is InChI=1S/C10H11F2NO/c11-10(12)3-8(4-10)9-2-1-7(6-14)5-13-9/h1-2,5,8,14H,3-4,6H2. The van der Waals surface area contributed by atoms with Crippen LogP contribution in [0.2, 0.25) is 0 Å². The monoisotopic (exact) mass is 199 g/mol. The molecule has 2 rings (SSSR count). The zero-order valence-corrected chi connectivity index (χ0v) is 7.58. The van der Waals surface area contributed by atoms with Crippen LogP contribution in [0.3, 0.4) is 0 Å². The highest BCUT2D eigenvalue weighted by molar-refractivity contribution is 5.19. The summed E-state index contributed by atoms with van der Waals surface area (Å²) in [4.78, 5) is 4.04. The first-order valence-corrected chi connectivity index (χ1v) is 4.54. The van der Waals surface area contributed by atoms with Crippen molar-refractivity contribution in [1.29, 1.82) is 0 Å². The third kappa shape index (κ3) is 1.75. The van der Waals surface area contributed by atoms with Crippen LogP contribution in [-0.2, 0) is 6.61 Å². The predicted molar refractivity (Wildman–Crippen MR) is 47.1 cm³/mol. The van der Waals surface area contributed by atoms with E-state index in [4.69, 9.17) is 5.11 Å². The SMILES string of the molecule is OCc1ccc(C2CC(F)(F)C2)nc1. The van der Waals surface area contributed by atoms with Crippen molar-refractivity contribution in [2.75, 3.05) is 0 Å². The Hall–Kier alpha value is -1.03. The van der Waals surface area contributed by atoms with Crippen molar-refractivity contribution in [1.82, 2.24) is 4.98 Å². The molecular weight excluding hydrogens is 188 g/mol. The maximum atomic E-state index is 12.6. The molecule has 1 fully saturated rings. The largest absolute Gasteiger partial charge is 0.392 e. The molecule has 0 unspecified atom stereocenters. The minimum absolute atomic E-state index is 0.0614. The number of aromatic nitrogens is 1.